The quantitative estimate of drug-likeness (QED) is 0.499. The Hall–Kier alpha value is -2.08. The number of nitrogens with zero attached hydrogens (tertiary/aromatic N) is 2. The average molecular weight is 438 g/mol. The lowest BCUT2D eigenvalue weighted by atomic mass is 9.99. The van der Waals surface area contributed by atoms with Gasteiger partial charge in [-0.3, -0.25) is 4.68 Å². The largest absolute Gasteiger partial charge is 0.443 e. The highest BCUT2D eigenvalue weighted by atomic mass is 19.1. The molecule has 1 unspecified atom stereocenters. The molecule has 10 heteroatoms. The van der Waals surface area contributed by atoms with Crippen LogP contribution in [0.5, 0.6) is 5.88 Å². The van der Waals surface area contributed by atoms with Crippen LogP contribution in [0.25, 0.3) is 0 Å². The van der Waals surface area contributed by atoms with Crippen molar-refractivity contribution in [2.45, 2.75) is 56.5 Å². The van der Waals surface area contributed by atoms with Crippen LogP contribution in [-0.4, -0.2) is 80.7 Å². The van der Waals surface area contributed by atoms with E-state index in [0.717, 1.165) is 23.2 Å². The van der Waals surface area contributed by atoms with Gasteiger partial charge in [0.15, 0.2) is 0 Å². The first-order valence-corrected chi connectivity index (χ1v) is 10.3. The number of halogens is 1. The lowest BCUT2D eigenvalue weighted by molar-refractivity contribution is -0.278. The SMILES string of the molecule is Cc1c(Cc2ccc(F)cc2)c(O[C@@H]2O[C@H](CO)[C@@H](O)[C@H](O)[C@H]2O)nn1C1CCOC1. The van der Waals surface area contributed by atoms with Crippen LogP contribution >= 0.6 is 0 Å². The highest BCUT2D eigenvalue weighted by Crippen LogP contribution is 2.32. The van der Waals surface area contributed by atoms with Crippen molar-refractivity contribution in [3.05, 3.63) is 46.9 Å². The van der Waals surface area contributed by atoms with E-state index in [0.29, 0.717) is 19.6 Å². The fourth-order valence-electron chi connectivity index (χ4n) is 3.98. The Bertz CT molecular complexity index is 883. The second-order valence-electron chi connectivity index (χ2n) is 7.95. The van der Waals surface area contributed by atoms with Crippen LogP contribution in [0.3, 0.4) is 0 Å². The average Bonchev–Trinajstić information content (AvgIpc) is 3.39. The van der Waals surface area contributed by atoms with Gasteiger partial charge in [0.05, 0.1) is 19.3 Å². The lowest BCUT2D eigenvalue weighted by Crippen LogP contribution is -2.60. The van der Waals surface area contributed by atoms with Gasteiger partial charge in [0.1, 0.15) is 30.2 Å². The molecule has 3 heterocycles. The first-order chi connectivity index (χ1) is 14.9. The molecule has 4 N–H and O–H groups in total. The highest BCUT2D eigenvalue weighted by Gasteiger charge is 2.45. The summed E-state index contributed by atoms with van der Waals surface area (Å²) in [6, 6.07) is 6.11. The van der Waals surface area contributed by atoms with E-state index in [2.05, 4.69) is 5.10 Å². The van der Waals surface area contributed by atoms with Gasteiger partial charge in [0.25, 0.3) is 0 Å². The van der Waals surface area contributed by atoms with Gasteiger partial charge in [-0.25, -0.2) is 4.39 Å². The minimum absolute atomic E-state index is 0.0270. The monoisotopic (exact) mass is 438 g/mol. The molecule has 2 saturated heterocycles. The standard InChI is InChI=1S/C21H27FN2O7/c1-11-15(8-12-2-4-13(22)5-3-12)20(23-24(11)14-6-7-29-10-14)31-21-19(28)18(27)17(26)16(9-25)30-21/h2-5,14,16-19,21,25-28H,6-10H2,1H3/t14?,16-,17-,18+,19-,21+/m1/s1. The fourth-order valence-corrected chi connectivity index (χ4v) is 3.98. The summed E-state index contributed by atoms with van der Waals surface area (Å²) in [7, 11) is 0. The maximum absolute atomic E-state index is 13.3. The van der Waals surface area contributed by atoms with Crippen LogP contribution in [0.2, 0.25) is 0 Å². The number of ether oxygens (including phenoxy) is 3. The van der Waals surface area contributed by atoms with Crippen molar-refractivity contribution in [2.75, 3.05) is 19.8 Å². The molecule has 0 radical (unpaired) electrons. The summed E-state index contributed by atoms with van der Waals surface area (Å²) in [5, 5.41) is 44.4. The van der Waals surface area contributed by atoms with E-state index in [1.807, 2.05) is 11.6 Å². The number of aromatic nitrogens is 2. The molecule has 0 amide bonds. The summed E-state index contributed by atoms with van der Waals surface area (Å²) >= 11 is 0. The van der Waals surface area contributed by atoms with Gasteiger partial charge >= 0.3 is 0 Å². The third-order valence-electron chi connectivity index (χ3n) is 5.86. The van der Waals surface area contributed by atoms with Gasteiger partial charge in [-0.05, 0) is 31.0 Å². The van der Waals surface area contributed by atoms with Crippen molar-refractivity contribution in [2.24, 2.45) is 0 Å². The number of aliphatic hydroxyl groups excluding tert-OH is 4. The Morgan fingerprint density at radius 2 is 1.90 bits per heavy atom. The Balaban J connectivity index is 1.65. The van der Waals surface area contributed by atoms with E-state index in [1.54, 1.807) is 12.1 Å². The smallest absolute Gasteiger partial charge is 0.239 e. The second kappa shape index (κ2) is 9.19. The third-order valence-corrected chi connectivity index (χ3v) is 5.86. The Morgan fingerprint density at radius 1 is 1.16 bits per heavy atom. The summed E-state index contributed by atoms with van der Waals surface area (Å²) in [6.45, 7) is 2.47. The summed E-state index contributed by atoms with van der Waals surface area (Å²) in [4.78, 5) is 0. The van der Waals surface area contributed by atoms with E-state index in [9.17, 15) is 24.8 Å². The normalized spacial score (nSPS) is 31.2. The predicted molar refractivity (Wildman–Crippen MR) is 105 cm³/mol. The van der Waals surface area contributed by atoms with Crippen molar-refractivity contribution in [3.63, 3.8) is 0 Å². The van der Waals surface area contributed by atoms with Gasteiger partial charge in [-0.15, -0.1) is 5.10 Å². The Labute approximate surface area is 178 Å². The second-order valence-corrected chi connectivity index (χ2v) is 7.95. The van der Waals surface area contributed by atoms with Crippen molar-refractivity contribution < 1.29 is 39.0 Å². The van der Waals surface area contributed by atoms with Gasteiger partial charge in [0, 0.05) is 24.3 Å². The minimum Gasteiger partial charge on any atom is -0.443 e. The first kappa shape index (κ1) is 22.1. The number of aliphatic hydroxyl groups is 4. The molecular formula is C21H27FN2O7. The van der Waals surface area contributed by atoms with Gasteiger partial charge in [-0.2, -0.15) is 0 Å². The summed E-state index contributed by atoms with van der Waals surface area (Å²) in [5.74, 6) is -0.143. The molecule has 0 saturated carbocycles. The van der Waals surface area contributed by atoms with Crippen LogP contribution in [0.15, 0.2) is 24.3 Å². The van der Waals surface area contributed by atoms with E-state index in [1.165, 1.54) is 12.1 Å². The first-order valence-electron chi connectivity index (χ1n) is 10.3. The molecule has 0 spiro atoms. The summed E-state index contributed by atoms with van der Waals surface area (Å²) in [5.41, 5.74) is 2.39. The lowest BCUT2D eigenvalue weighted by Gasteiger charge is -2.39. The molecule has 4 rings (SSSR count). The molecule has 2 aliphatic heterocycles. The molecule has 170 valence electrons. The van der Waals surface area contributed by atoms with Crippen molar-refractivity contribution in [1.29, 1.82) is 0 Å². The third kappa shape index (κ3) is 4.45. The minimum atomic E-state index is -1.55. The zero-order valence-electron chi connectivity index (χ0n) is 17.1. The molecule has 2 aliphatic rings. The Morgan fingerprint density at radius 3 is 2.55 bits per heavy atom. The zero-order valence-corrected chi connectivity index (χ0v) is 17.1. The van der Waals surface area contributed by atoms with E-state index >= 15 is 0 Å². The van der Waals surface area contributed by atoms with Gasteiger partial charge in [0.2, 0.25) is 12.2 Å². The molecule has 1 aromatic heterocycles. The molecule has 31 heavy (non-hydrogen) atoms. The fraction of sp³-hybridized carbons (Fsp3) is 0.571. The molecule has 2 aromatic rings. The van der Waals surface area contributed by atoms with E-state index in [-0.39, 0.29) is 17.7 Å². The topological polar surface area (TPSA) is 126 Å². The molecule has 1 aromatic carbocycles. The van der Waals surface area contributed by atoms with Gasteiger partial charge < -0.3 is 34.6 Å². The maximum Gasteiger partial charge on any atom is 0.239 e. The number of rotatable bonds is 6. The van der Waals surface area contributed by atoms with Crippen LogP contribution in [0.4, 0.5) is 4.39 Å². The number of hydrogen-bond donors (Lipinski definition) is 4. The predicted octanol–water partition coefficient (Wildman–Crippen LogP) is 0.0615. The zero-order chi connectivity index (χ0) is 22.1. The molecule has 0 bridgehead atoms. The van der Waals surface area contributed by atoms with Crippen molar-refractivity contribution in [3.8, 4) is 5.88 Å². The summed E-state index contributed by atoms with van der Waals surface area (Å²) < 4.78 is 31.9. The van der Waals surface area contributed by atoms with Crippen LogP contribution in [0, 0.1) is 12.7 Å². The Kier molecular flexibility index (Phi) is 6.56. The van der Waals surface area contributed by atoms with E-state index < -0.39 is 37.3 Å². The van der Waals surface area contributed by atoms with Crippen LogP contribution in [-0.2, 0) is 15.9 Å². The molecule has 9 nitrogen and oxygen atoms in total. The van der Waals surface area contributed by atoms with Crippen LogP contribution in [0.1, 0.15) is 29.3 Å². The molecule has 2 fully saturated rings. The van der Waals surface area contributed by atoms with Gasteiger partial charge in [-0.1, -0.05) is 12.1 Å². The van der Waals surface area contributed by atoms with E-state index in [4.69, 9.17) is 14.2 Å². The number of benzene rings is 1. The van der Waals surface area contributed by atoms with Crippen molar-refractivity contribution >= 4 is 0 Å². The van der Waals surface area contributed by atoms with Crippen molar-refractivity contribution in [1.82, 2.24) is 9.78 Å². The molecule has 0 aliphatic carbocycles. The number of hydrogen-bond acceptors (Lipinski definition) is 8. The van der Waals surface area contributed by atoms with Crippen LogP contribution < -0.4 is 4.74 Å². The molecule has 6 atom stereocenters. The highest BCUT2D eigenvalue weighted by molar-refractivity contribution is 5.37. The maximum atomic E-state index is 13.3. The molecular weight excluding hydrogens is 411 g/mol. The summed E-state index contributed by atoms with van der Waals surface area (Å²) in [6.07, 6.45) is -5.82.